The maximum atomic E-state index is 12.8. The number of amides is 2. The highest BCUT2D eigenvalue weighted by atomic mass is 16.5. The van der Waals surface area contributed by atoms with Crippen LogP contribution in [0.15, 0.2) is 59.5 Å². The summed E-state index contributed by atoms with van der Waals surface area (Å²) in [6.07, 6.45) is 3.19. The minimum Gasteiger partial charge on any atom is -0.504 e. The molecular weight excluding hydrogens is 414 g/mol. The molecule has 0 aliphatic carbocycles. The molecule has 168 valence electrons. The van der Waals surface area contributed by atoms with Crippen LogP contribution in [-0.4, -0.2) is 41.2 Å². The number of benzene rings is 2. The van der Waals surface area contributed by atoms with Crippen LogP contribution >= 0.6 is 0 Å². The van der Waals surface area contributed by atoms with Gasteiger partial charge in [-0.25, -0.2) is 4.98 Å². The Hall–Kier alpha value is -4.01. The molecule has 0 saturated heterocycles. The van der Waals surface area contributed by atoms with E-state index in [0.717, 1.165) is 0 Å². The number of methoxy groups -OCH3 is 1. The second-order valence-corrected chi connectivity index (χ2v) is 7.63. The summed E-state index contributed by atoms with van der Waals surface area (Å²) >= 11 is 0. The van der Waals surface area contributed by atoms with Crippen molar-refractivity contribution >= 4 is 17.5 Å². The van der Waals surface area contributed by atoms with Crippen molar-refractivity contribution in [2.24, 2.45) is 5.73 Å². The fourth-order valence-electron chi connectivity index (χ4n) is 3.32. The molecule has 0 atom stereocenters. The van der Waals surface area contributed by atoms with Crippen molar-refractivity contribution < 1.29 is 28.6 Å². The van der Waals surface area contributed by atoms with Gasteiger partial charge >= 0.3 is 11.8 Å². The van der Waals surface area contributed by atoms with Crippen LogP contribution in [0.2, 0.25) is 0 Å². The minimum atomic E-state index is -1.09. The predicted octanol–water partition coefficient (Wildman–Crippen LogP) is 3.12. The summed E-state index contributed by atoms with van der Waals surface area (Å²) in [6.45, 7) is 3.76. The fraction of sp³-hybridized carbons (Fsp3) is 0.261. The number of phenols is 1. The van der Waals surface area contributed by atoms with E-state index in [4.69, 9.17) is 19.6 Å². The standard InChI is InChI=1S/C23H25N3O6/c1-23(2,10-11-31-18-7-5-4-6-17(18)27)26(22(29)21(24)28)15-8-9-16(19(12-15)30-3)20-13-25-14-32-20/h4-9,12-14,27H,10-11H2,1-3H3,(H2,24,28). The Morgan fingerprint density at radius 1 is 1.19 bits per heavy atom. The van der Waals surface area contributed by atoms with Gasteiger partial charge in [-0.2, -0.15) is 0 Å². The van der Waals surface area contributed by atoms with Crippen LogP contribution in [0.25, 0.3) is 11.3 Å². The second kappa shape index (κ2) is 9.42. The van der Waals surface area contributed by atoms with Crippen LogP contribution in [0.4, 0.5) is 5.69 Å². The zero-order valence-electron chi connectivity index (χ0n) is 18.1. The normalized spacial score (nSPS) is 11.1. The molecule has 3 N–H and O–H groups in total. The molecule has 0 unspecified atom stereocenters. The number of carbonyl (C=O) groups is 2. The van der Waals surface area contributed by atoms with Gasteiger partial charge in [-0.05, 0) is 38.1 Å². The Bertz CT molecular complexity index is 1090. The molecule has 0 aliphatic heterocycles. The highest BCUT2D eigenvalue weighted by Crippen LogP contribution is 2.36. The SMILES string of the molecule is COc1cc(N(C(=O)C(N)=O)C(C)(C)CCOc2ccccc2O)ccc1-c1cnco1. The van der Waals surface area contributed by atoms with Crippen molar-refractivity contribution in [3.8, 4) is 28.6 Å². The fourth-order valence-corrected chi connectivity index (χ4v) is 3.32. The van der Waals surface area contributed by atoms with Crippen LogP contribution < -0.4 is 20.1 Å². The Labute approximate surface area is 185 Å². The van der Waals surface area contributed by atoms with E-state index in [1.807, 2.05) is 0 Å². The molecular formula is C23H25N3O6. The van der Waals surface area contributed by atoms with Gasteiger partial charge in [-0.3, -0.25) is 14.5 Å². The maximum absolute atomic E-state index is 12.8. The van der Waals surface area contributed by atoms with Crippen molar-refractivity contribution in [1.82, 2.24) is 4.98 Å². The molecule has 9 nitrogen and oxygen atoms in total. The number of ether oxygens (including phenoxy) is 2. The summed E-state index contributed by atoms with van der Waals surface area (Å²) in [4.78, 5) is 29.8. The number of aromatic hydroxyl groups is 1. The third-order valence-corrected chi connectivity index (χ3v) is 5.00. The Morgan fingerprint density at radius 3 is 2.56 bits per heavy atom. The van der Waals surface area contributed by atoms with Crippen LogP contribution in [0.1, 0.15) is 20.3 Å². The molecule has 3 aromatic rings. The number of para-hydroxylation sites is 2. The van der Waals surface area contributed by atoms with Gasteiger partial charge in [0.05, 0.1) is 25.5 Å². The monoisotopic (exact) mass is 439 g/mol. The van der Waals surface area contributed by atoms with Crippen molar-refractivity contribution in [3.05, 3.63) is 55.1 Å². The summed E-state index contributed by atoms with van der Waals surface area (Å²) in [5.41, 5.74) is 5.53. The summed E-state index contributed by atoms with van der Waals surface area (Å²) in [5, 5.41) is 9.87. The third kappa shape index (κ3) is 4.83. The van der Waals surface area contributed by atoms with Gasteiger partial charge in [-0.1, -0.05) is 12.1 Å². The Balaban J connectivity index is 1.89. The molecule has 0 spiro atoms. The number of carbonyl (C=O) groups excluding carboxylic acids is 2. The van der Waals surface area contributed by atoms with E-state index in [1.165, 1.54) is 24.5 Å². The van der Waals surface area contributed by atoms with E-state index in [0.29, 0.717) is 34.9 Å². The van der Waals surface area contributed by atoms with Crippen molar-refractivity contribution in [3.63, 3.8) is 0 Å². The minimum absolute atomic E-state index is 0.0168. The number of oxazole rings is 1. The smallest absolute Gasteiger partial charge is 0.316 e. The zero-order valence-corrected chi connectivity index (χ0v) is 18.1. The first-order chi connectivity index (χ1) is 15.2. The van der Waals surface area contributed by atoms with E-state index < -0.39 is 17.4 Å². The van der Waals surface area contributed by atoms with E-state index in [1.54, 1.807) is 56.4 Å². The average Bonchev–Trinajstić information content (AvgIpc) is 3.29. The lowest BCUT2D eigenvalue weighted by Crippen LogP contribution is -2.53. The summed E-state index contributed by atoms with van der Waals surface area (Å²) in [7, 11) is 1.49. The second-order valence-electron chi connectivity index (χ2n) is 7.63. The summed E-state index contributed by atoms with van der Waals surface area (Å²) in [6, 6.07) is 11.6. The number of rotatable bonds is 8. The number of aromatic nitrogens is 1. The molecule has 9 heteroatoms. The molecule has 0 saturated carbocycles. The van der Waals surface area contributed by atoms with E-state index in [2.05, 4.69) is 4.98 Å². The van der Waals surface area contributed by atoms with Gasteiger partial charge in [0.25, 0.3) is 0 Å². The topological polar surface area (TPSA) is 128 Å². The molecule has 32 heavy (non-hydrogen) atoms. The van der Waals surface area contributed by atoms with Gasteiger partial charge in [-0.15, -0.1) is 0 Å². The lowest BCUT2D eigenvalue weighted by molar-refractivity contribution is -0.136. The number of phenolic OH excluding ortho intramolecular Hbond substituents is 1. The first-order valence-corrected chi connectivity index (χ1v) is 9.86. The number of nitrogens with zero attached hydrogens (tertiary/aromatic N) is 2. The third-order valence-electron chi connectivity index (χ3n) is 5.00. The largest absolute Gasteiger partial charge is 0.504 e. The van der Waals surface area contributed by atoms with Crippen LogP contribution in [0, 0.1) is 0 Å². The number of nitrogens with two attached hydrogens (primary N) is 1. The predicted molar refractivity (Wildman–Crippen MR) is 117 cm³/mol. The van der Waals surface area contributed by atoms with E-state index in [-0.39, 0.29) is 12.4 Å². The molecule has 1 heterocycles. The highest BCUT2D eigenvalue weighted by Gasteiger charge is 2.35. The molecule has 2 amide bonds. The first-order valence-electron chi connectivity index (χ1n) is 9.86. The molecule has 2 aromatic carbocycles. The lowest BCUT2D eigenvalue weighted by Gasteiger charge is -2.38. The molecule has 1 aromatic heterocycles. The number of anilines is 1. The van der Waals surface area contributed by atoms with Crippen LogP contribution in [-0.2, 0) is 9.59 Å². The molecule has 0 radical (unpaired) electrons. The van der Waals surface area contributed by atoms with Gasteiger partial charge < -0.3 is 24.7 Å². The van der Waals surface area contributed by atoms with Gasteiger partial charge in [0.2, 0.25) is 0 Å². The summed E-state index contributed by atoms with van der Waals surface area (Å²) < 4.78 is 16.5. The molecule has 0 bridgehead atoms. The number of hydrogen-bond acceptors (Lipinski definition) is 7. The Kier molecular flexibility index (Phi) is 6.67. The van der Waals surface area contributed by atoms with Crippen LogP contribution in [0.3, 0.4) is 0 Å². The van der Waals surface area contributed by atoms with Crippen molar-refractivity contribution in [1.29, 1.82) is 0 Å². The van der Waals surface area contributed by atoms with Crippen molar-refractivity contribution in [2.45, 2.75) is 25.8 Å². The van der Waals surface area contributed by atoms with Crippen molar-refractivity contribution in [2.75, 3.05) is 18.6 Å². The van der Waals surface area contributed by atoms with Gasteiger partial charge in [0, 0.05) is 23.7 Å². The molecule has 0 aliphatic rings. The maximum Gasteiger partial charge on any atom is 0.316 e. The van der Waals surface area contributed by atoms with Gasteiger partial charge in [0.15, 0.2) is 23.7 Å². The Morgan fingerprint density at radius 2 is 1.94 bits per heavy atom. The number of primary amides is 1. The summed E-state index contributed by atoms with van der Waals surface area (Å²) in [5.74, 6) is -0.679. The zero-order chi connectivity index (χ0) is 23.3. The van der Waals surface area contributed by atoms with Gasteiger partial charge in [0.1, 0.15) is 5.75 Å². The number of hydrogen-bond donors (Lipinski definition) is 2. The first kappa shape index (κ1) is 22.7. The quantitative estimate of drug-likeness (QED) is 0.516. The van der Waals surface area contributed by atoms with E-state index in [9.17, 15) is 14.7 Å². The highest BCUT2D eigenvalue weighted by molar-refractivity contribution is 6.40. The average molecular weight is 439 g/mol. The lowest BCUT2D eigenvalue weighted by atomic mass is 9.96. The molecule has 0 fully saturated rings. The molecule has 3 rings (SSSR count). The van der Waals surface area contributed by atoms with E-state index >= 15 is 0 Å². The van der Waals surface area contributed by atoms with Crippen LogP contribution in [0.5, 0.6) is 17.2 Å².